The second-order valence-electron chi connectivity index (χ2n) is 4.71. The molecular formula is C13H18BrN3O. The number of anilines is 1. The lowest BCUT2D eigenvalue weighted by Crippen LogP contribution is -2.44. The molecule has 1 aliphatic heterocycles. The van der Waals surface area contributed by atoms with E-state index in [0.717, 1.165) is 48.9 Å². The molecule has 0 bridgehead atoms. The zero-order valence-corrected chi connectivity index (χ0v) is 12.4. The van der Waals surface area contributed by atoms with Crippen LogP contribution in [0.15, 0.2) is 22.6 Å². The quantitative estimate of drug-likeness (QED) is 0.810. The molecule has 18 heavy (non-hydrogen) atoms. The Hall–Kier alpha value is -1.07. The van der Waals surface area contributed by atoms with Crippen LogP contribution in [0.5, 0.6) is 0 Å². The Labute approximate surface area is 117 Å². The largest absolute Gasteiger partial charge is 0.423 e. The predicted molar refractivity (Wildman–Crippen MR) is 78.8 cm³/mol. The minimum absolute atomic E-state index is 0. The van der Waals surface area contributed by atoms with Crippen LogP contribution < -0.4 is 4.90 Å². The van der Waals surface area contributed by atoms with Gasteiger partial charge in [-0.05, 0) is 25.6 Å². The second-order valence-corrected chi connectivity index (χ2v) is 4.71. The normalized spacial score (nSPS) is 16.9. The Morgan fingerprint density at radius 3 is 2.56 bits per heavy atom. The Morgan fingerprint density at radius 1 is 1.17 bits per heavy atom. The van der Waals surface area contributed by atoms with Crippen molar-refractivity contribution in [2.24, 2.45) is 0 Å². The third-order valence-corrected chi connectivity index (χ3v) is 3.37. The van der Waals surface area contributed by atoms with Crippen LogP contribution in [0.2, 0.25) is 0 Å². The van der Waals surface area contributed by atoms with E-state index in [1.807, 2.05) is 12.1 Å². The standard InChI is InChI=1S/C13H17N3O.BrH/c1-10-4-3-5-11-12(10)17-13(14-11)16-8-6-15(2)7-9-16;/h3-5H,6-9H2,1-2H3;1H. The molecule has 1 aromatic heterocycles. The maximum absolute atomic E-state index is 5.87. The van der Waals surface area contributed by atoms with E-state index in [-0.39, 0.29) is 17.0 Å². The highest BCUT2D eigenvalue weighted by Gasteiger charge is 2.19. The van der Waals surface area contributed by atoms with E-state index in [4.69, 9.17) is 4.42 Å². The molecule has 2 aromatic rings. The number of para-hydroxylation sites is 1. The van der Waals surface area contributed by atoms with Crippen LogP contribution >= 0.6 is 17.0 Å². The molecule has 0 radical (unpaired) electrons. The topological polar surface area (TPSA) is 32.5 Å². The number of aryl methyl sites for hydroxylation is 1. The minimum Gasteiger partial charge on any atom is -0.423 e. The lowest BCUT2D eigenvalue weighted by Gasteiger charge is -2.31. The summed E-state index contributed by atoms with van der Waals surface area (Å²) in [4.78, 5) is 9.11. The number of nitrogens with zero attached hydrogens (tertiary/aromatic N) is 3. The van der Waals surface area contributed by atoms with Crippen molar-refractivity contribution in [3.8, 4) is 0 Å². The first-order valence-corrected chi connectivity index (χ1v) is 6.04. The average Bonchev–Trinajstić information content (AvgIpc) is 2.75. The molecule has 1 aromatic carbocycles. The van der Waals surface area contributed by atoms with Gasteiger partial charge in [-0.15, -0.1) is 17.0 Å². The Morgan fingerprint density at radius 2 is 1.89 bits per heavy atom. The molecule has 0 aliphatic carbocycles. The SMILES string of the molecule is Br.Cc1cccc2nc(N3CCN(C)CC3)oc12. The number of benzene rings is 1. The molecular weight excluding hydrogens is 294 g/mol. The van der Waals surface area contributed by atoms with Crippen LogP contribution in [-0.4, -0.2) is 43.1 Å². The number of piperazine rings is 1. The number of fused-ring (bicyclic) bond motifs is 1. The van der Waals surface area contributed by atoms with Gasteiger partial charge in [-0.2, -0.15) is 4.98 Å². The Kier molecular flexibility index (Phi) is 3.92. The van der Waals surface area contributed by atoms with E-state index in [2.05, 4.69) is 34.8 Å². The molecule has 0 unspecified atom stereocenters. The van der Waals surface area contributed by atoms with E-state index in [9.17, 15) is 0 Å². The van der Waals surface area contributed by atoms with Gasteiger partial charge in [0.15, 0.2) is 5.58 Å². The molecule has 0 atom stereocenters. The molecule has 4 nitrogen and oxygen atoms in total. The van der Waals surface area contributed by atoms with Gasteiger partial charge in [0.05, 0.1) is 0 Å². The summed E-state index contributed by atoms with van der Waals surface area (Å²) in [5.41, 5.74) is 3.02. The molecule has 3 rings (SSSR count). The van der Waals surface area contributed by atoms with Crippen LogP contribution in [0.4, 0.5) is 6.01 Å². The van der Waals surface area contributed by atoms with Crippen molar-refractivity contribution in [1.82, 2.24) is 9.88 Å². The van der Waals surface area contributed by atoms with Gasteiger partial charge in [-0.25, -0.2) is 0 Å². The van der Waals surface area contributed by atoms with Gasteiger partial charge < -0.3 is 14.2 Å². The van der Waals surface area contributed by atoms with Gasteiger partial charge in [-0.1, -0.05) is 12.1 Å². The second kappa shape index (κ2) is 5.28. The summed E-state index contributed by atoms with van der Waals surface area (Å²) in [6.45, 7) is 6.17. The number of hydrogen-bond acceptors (Lipinski definition) is 4. The fourth-order valence-electron chi connectivity index (χ4n) is 2.21. The van der Waals surface area contributed by atoms with Crippen LogP contribution in [0.3, 0.4) is 0 Å². The number of likely N-dealkylation sites (N-methyl/N-ethyl adjacent to an activating group) is 1. The van der Waals surface area contributed by atoms with Crippen molar-refractivity contribution >= 4 is 34.1 Å². The molecule has 1 aliphatic rings. The average molecular weight is 312 g/mol. The number of hydrogen-bond donors (Lipinski definition) is 0. The van der Waals surface area contributed by atoms with Crippen molar-refractivity contribution in [3.05, 3.63) is 23.8 Å². The fourth-order valence-corrected chi connectivity index (χ4v) is 2.21. The van der Waals surface area contributed by atoms with E-state index in [0.29, 0.717) is 0 Å². The summed E-state index contributed by atoms with van der Waals surface area (Å²) in [6, 6.07) is 6.85. The first-order chi connectivity index (χ1) is 8.24. The van der Waals surface area contributed by atoms with Crippen LogP contribution in [-0.2, 0) is 0 Å². The summed E-state index contributed by atoms with van der Waals surface area (Å²) in [6.07, 6.45) is 0. The highest BCUT2D eigenvalue weighted by Crippen LogP contribution is 2.24. The number of halogens is 1. The molecule has 0 spiro atoms. The Bertz CT molecular complexity index is 532. The van der Waals surface area contributed by atoms with Crippen molar-refractivity contribution in [2.45, 2.75) is 6.92 Å². The van der Waals surface area contributed by atoms with Gasteiger partial charge in [0.25, 0.3) is 6.01 Å². The summed E-state index contributed by atoms with van der Waals surface area (Å²) in [5, 5.41) is 0. The highest BCUT2D eigenvalue weighted by atomic mass is 79.9. The molecule has 0 saturated carbocycles. The van der Waals surface area contributed by atoms with Crippen molar-refractivity contribution < 1.29 is 4.42 Å². The minimum atomic E-state index is 0. The Balaban J connectivity index is 0.00000120. The van der Waals surface area contributed by atoms with Gasteiger partial charge in [0.2, 0.25) is 0 Å². The van der Waals surface area contributed by atoms with Crippen LogP contribution in [0.25, 0.3) is 11.1 Å². The molecule has 1 saturated heterocycles. The number of rotatable bonds is 1. The monoisotopic (exact) mass is 311 g/mol. The van der Waals surface area contributed by atoms with E-state index >= 15 is 0 Å². The maximum Gasteiger partial charge on any atom is 0.298 e. The number of aromatic nitrogens is 1. The molecule has 1 fully saturated rings. The highest BCUT2D eigenvalue weighted by molar-refractivity contribution is 8.93. The molecule has 98 valence electrons. The van der Waals surface area contributed by atoms with Crippen LogP contribution in [0.1, 0.15) is 5.56 Å². The smallest absolute Gasteiger partial charge is 0.298 e. The van der Waals surface area contributed by atoms with Crippen molar-refractivity contribution in [1.29, 1.82) is 0 Å². The van der Waals surface area contributed by atoms with Crippen LogP contribution in [0, 0.1) is 6.92 Å². The van der Waals surface area contributed by atoms with E-state index in [1.54, 1.807) is 0 Å². The first-order valence-electron chi connectivity index (χ1n) is 6.04. The molecule has 5 heteroatoms. The zero-order chi connectivity index (χ0) is 11.8. The molecule has 0 N–H and O–H groups in total. The van der Waals surface area contributed by atoms with Crippen molar-refractivity contribution in [2.75, 3.05) is 38.1 Å². The fraction of sp³-hybridized carbons (Fsp3) is 0.462. The first kappa shape index (κ1) is 13.4. The van der Waals surface area contributed by atoms with Gasteiger partial charge in [0.1, 0.15) is 5.52 Å². The van der Waals surface area contributed by atoms with Gasteiger partial charge in [0, 0.05) is 26.2 Å². The van der Waals surface area contributed by atoms with E-state index < -0.39 is 0 Å². The zero-order valence-electron chi connectivity index (χ0n) is 10.7. The molecule has 0 amide bonds. The number of oxazole rings is 1. The predicted octanol–water partition coefficient (Wildman–Crippen LogP) is 2.47. The summed E-state index contributed by atoms with van der Waals surface area (Å²) < 4.78 is 5.87. The lowest BCUT2D eigenvalue weighted by atomic mass is 10.2. The molecule has 2 heterocycles. The summed E-state index contributed by atoms with van der Waals surface area (Å²) >= 11 is 0. The maximum atomic E-state index is 5.87. The third kappa shape index (κ3) is 2.37. The summed E-state index contributed by atoms with van der Waals surface area (Å²) in [5.74, 6) is 0. The summed E-state index contributed by atoms with van der Waals surface area (Å²) in [7, 11) is 2.15. The van der Waals surface area contributed by atoms with Gasteiger partial charge >= 0.3 is 0 Å². The van der Waals surface area contributed by atoms with E-state index in [1.165, 1.54) is 0 Å². The van der Waals surface area contributed by atoms with Gasteiger partial charge in [-0.3, -0.25) is 0 Å². The third-order valence-electron chi connectivity index (χ3n) is 3.37. The van der Waals surface area contributed by atoms with Crippen molar-refractivity contribution in [3.63, 3.8) is 0 Å². The lowest BCUT2D eigenvalue weighted by molar-refractivity contribution is 0.305.